The van der Waals surface area contributed by atoms with Crippen molar-refractivity contribution in [3.8, 4) is 0 Å². The highest BCUT2D eigenvalue weighted by molar-refractivity contribution is 7.98. The van der Waals surface area contributed by atoms with Crippen LogP contribution >= 0.6 is 23.4 Å². The fraction of sp³-hybridized carbons (Fsp3) is 0.150. The molecule has 1 aromatic heterocycles. The Morgan fingerprint density at radius 1 is 1.19 bits per heavy atom. The number of hydrogen-bond donors (Lipinski definition) is 2. The second-order valence-electron chi connectivity index (χ2n) is 6.05. The molecular weight excluding hydrogens is 382 g/mol. The van der Waals surface area contributed by atoms with Crippen LogP contribution in [0.15, 0.2) is 64.5 Å². The van der Waals surface area contributed by atoms with E-state index in [1.54, 1.807) is 0 Å². The number of nitrogens with one attached hydrogen (secondary N) is 2. The van der Waals surface area contributed by atoms with E-state index in [0.29, 0.717) is 27.3 Å². The van der Waals surface area contributed by atoms with Gasteiger partial charge in [-0.1, -0.05) is 53.2 Å². The van der Waals surface area contributed by atoms with Gasteiger partial charge >= 0.3 is 0 Å². The quantitative estimate of drug-likeness (QED) is 0.481. The Kier molecular flexibility index (Phi) is 6.32. The van der Waals surface area contributed by atoms with Crippen LogP contribution in [-0.4, -0.2) is 15.9 Å². The first-order chi connectivity index (χ1) is 13.0. The molecule has 27 heavy (non-hydrogen) atoms. The molecule has 2 aromatic carbocycles. The lowest BCUT2D eigenvalue weighted by Crippen LogP contribution is -2.18. The Balaban J connectivity index is 1.64. The molecular formula is C20H18ClN3O2S. The van der Waals surface area contributed by atoms with Crippen LogP contribution in [0.1, 0.15) is 16.8 Å². The van der Waals surface area contributed by atoms with E-state index in [9.17, 15) is 9.59 Å². The van der Waals surface area contributed by atoms with Crippen LogP contribution in [0.2, 0.25) is 5.02 Å². The summed E-state index contributed by atoms with van der Waals surface area (Å²) in [5.74, 6) is 0.394. The summed E-state index contributed by atoms with van der Waals surface area (Å²) >= 11 is 7.37. The van der Waals surface area contributed by atoms with Crippen LogP contribution < -0.4 is 10.9 Å². The molecule has 0 aliphatic rings. The zero-order valence-electron chi connectivity index (χ0n) is 14.7. The normalized spacial score (nSPS) is 10.6. The van der Waals surface area contributed by atoms with Gasteiger partial charge in [-0.15, -0.1) is 0 Å². The van der Waals surface area contributed by atoms with E-state index in [0.717, 1.165) is 11.1 Å². The van der Waals surface area contributed by atoms with Crippen LogP contribution in [0.25, 0.3) is 0 Å². The molecule has 1 heterocycles. The molecule has 3 aromatic rings. The number of thioether (sulfide) groups is 1. The number of amides is 1. The van der Waals surface area contributed by atoms with Crippen molar-refractivity contribution in [3.05, 3.63) is 86.8 Å². The molecule has 0 saturated heterocycles. The molecule has 138 valence electrons. The van der Waals surface area contributed by atoms with Crippen molar-refractivity contribution in [1.29, 1.82) is 0 Å². The maximum absolute atomic E-state index is 12.2. The number of hydrogen-bond acceptors (Lipinski definition) is 4. The summed E-state index contributed by atoms with van der Waals surface area (Å²) in [4.78, 5) is 31.2. The first kappa shape index (κ1) is 19.2. The van der Waals surface area contributed by atoms with Crippen LogP contribution in [0.5, 0.6) is 0 Å². The Bertz CT molecular complexity index is 1000. The Morgan fingerprint density at radius 2 is 1.96 bits per heavy atom. The van der Waals surface area contributed by atoms with E-state index in [2.05, 4.69) is 15.3 Å². The number of carbonyl (C=O) groups is 1. The zero-order valence-corrected chi connectivity index (χ0v) is 16.2. The summed E-state index contributed by atoms with van der Waals surface area (Å²) in [5, 5.41) is 3.94. The number of aromatic amines is 1. The van der Waals surface area contributed by atoms with Gasteiger partial charge in [-0.3, -0.25) is 9.59 Å². The Labute approximate surface area is 166 Å². The number of anilines is 1. The maximum Gasteiger partial charge on any atom is 0.251 e. The molecule has 2 N–H and O–H groups in total. The van der Waals surface area contributed by atoms with Gasteiger partial charge in [0.25, 0.3) is 5.56 Å². The van der Waals surface area contributed by atoms with Crippen molar-refractivity contribution < 1.29 is 4.79 Å². The molecule has 0 atom stereocenters. The van der Waals surface area contributed by atoms with Crippen molar-refractivity contribution in [2.24, 2.45) is 0 Å². The minimum atomic E-state index is -0.281. The van der Waals surface area contributed by atoms with Crippen molar-refractivity contribution >= 4 is 35.0 Å². The van der Waals surface area contributed by atoms with Gasteiger partial charge in [0.05, 0.1) is 12.1 Å². The summed E-state index contributed by atoms with van der Waals surface area (Å²) < 4.78 is 0. The van der Waals surface area contributed by atoms with Gasteiger partial charge < -0.3 is 10.3 Å². The fourth-order valence-corrected chi connectivity index (χ4v) is 3.48. The fourth-order valence-electron chi connectivity index (χ4n) is 2.43. The second-order valence-corrected chi connectivity index (χ2v) is 7.45. The number of halogens is 1. The lowest BCUT2D eigenvalue weighted by atomic mass is 10.2. The third-order valence-electron chi connectivity index (χ3n) is 3.71. The first-order valence-corrected chi connectivity index (χ1v) is 9.68. The van der Waals surface area contributed by atoms with E-state index in [-0.39, 0.29) is 17.9 Å². The molecule has 5 nitrogen and oxygen atoms in total. The summed E-state index contributed by atoms with van der Waals surface area (Å²) in [6, 6.07) is 16.4. The molecule has 0 radical (unpaired) electrons. The summed E-state index contributed by atoms with van der Waals surface area (Å²) in [6.07, 6.45) is 0.0303. The van der Waals surface area contributed by atoms with Gasteiger partial charge in [0, 0.05) is 22.5 Å². The smallest absolute Gasteiger partial charge is 0.251 e. The third kappa shape index (κ3) is 5.98. The molecule has 0 aliphatic heterocycles. The number of aryl methyl sites for hydroxylation is 1. The topological polar surface area (TPSA) is 74.8 Å². The zero-order chi connectivity index (χ0) is 19.2. The number of carbonyl (C=O) groups excluding carboxylic acids is 1. The molecule has 0 fully saturated rings. The van der Waals surface area contributed by atoms with Crippen LogP contribution in [0, 0.1) is 6.92 Å². The monoisotopic (exact) mass is 399 g/mol. The van der Waals surface area contributed by atoms with Crippen molar-refractivity contribution in [3.63, 3.8) is 0 Å². The average Bonchev–Trinajstić information content (AvgIpc) is 2.61. The molecule has 7 heteroatoms. The minimum Gasteiger partial charge on any atom is -0.326 e. The van der Waals surface area contributed by atoms with Crippen LogP contribution in [-0.2, 0) is 17.0 Å². The second kappa shape index (κ2) is 8.88. The third-order valence-corrected chi connectivity index (χ3v) is 4.89. The van der Waals surface area contributed by atoms with E-state index in [1.807, 2.05) is 55.5 Å². The summed E-state index contributed by atoms with van der Waals surface area (Å²) in [7, 11) is 0. The van der Waals surface area contributed by atoms with Gasteiger partial charge in [-0.05, 0) is 36.8 Å². The number of benzene rings is 2. The van der Waals surface area contributed by atoms with Gasteiger partial charge in [0.2, 0.25) is 5.91 Å². The van der Waals surface area contributed by atoms with E-state index in [1.165, 1.54) is 17.8 Å². The Morgan fingerprint density at radius 3 is 2.70 bits per heavy atom. The van der Waals surface area contributed by atoms with Crippen LogP contribution in [0.4, 0.5) is 5.69 Å². The van der Waals surface area contributed by atoms with E-state index < -0.39 is 0 Å². The average molecular weight is 400 g/mol. The van der Waals surface area contributed by atoms with Crippen LogP contribution in [0.3, 0.4) is 0 Å². The van der Waals surface area contributed by atoms with Gasteiger partial charge in [-0.25, -0.2) is 4.98 Å². The number of nitrogens with zero attached hydrogens (tertiary/aromatic N) is 1. The highest BCUT2D eigenvalue weighted by atomic mass is 35.5. The molecule has 0 bridgehead atoms. The molecule has 0 unspecified atom stereocenters. The molecule has 3 rings (SSSR count). The predicted molar refractivity (Wildman–Crippen MR) is 109 cm³/mol. The van der Waals surface area contributed by atoms with E-state index >= 15 is 0 Å². The van der Waals surface area contributed by atoms with Crippen molar-refractivity contribution in [2.75, 3.05) is 5.32 Å². The molecule has 0 aliphatic carbocycles. The van der Waals surface area contributed by atoms with Crippen molar-refractivity contribution in [1.82, 2.24) is 9.97 Å². The standard InChI is InChI=1S/C20H18ClN3O2S/c1-13-5-7-16(8-6-13)22-18(25)10-17-11-19(26)24-20(23-17)27-12-14-3-2-4-15(21)9-14/h2-9,11H,10,12H2,1H3,(H,22,25)(H,23,24,26). The largest absolute Gasteiger partial charge is 0.326 e. The summed E-state index contributed by atoms with van der Waals surface area (Å²) in [6.45, 7) is 1.98. The maximum atomic E-state index is 12.2. The predicted octanol–water partition coefficient (Wildman–Crippen LogP) is 4.21. The van der Waals surface area contributed by atoms with Crippen molar-refractivity contribution in [2.45, 2.75) is 24.3 Å². The minimum absolute atomic E-state index is 0.0303. The molecule has 0 spiro atoms. The first-order valence-electron chi connectivity index (χ1n) is 8.32. The number of rotatable bonds is 6. The van der Waals surface area contributed by atoms with Gasteiger partial charge in [0.15, 0.2) is 5.16 Å². The highest BCUT2D eigenvalue weighted by Gasteiger charge is 2.09. The lowest BCUT2D eigenvalue weighted by molar-refractivity contribution is -0.115. The Hall–Kier alpha value is -2.57. The molecule has 1 amide bonds. The SMILES string of the molecule is Cc1ccc(NC(=O)Cc2cc(=O)[nH]c(SCc3cccc(Cl)c3)n2)cc1. The van der Waals surface area contributed by atoms with Gasteiger partial charge in [0.1, 0.15) is 0 Å². The molecule has 0 saturated carbocycles. The highest BCUT2D eigenvalue weighted by Crippen LogP contribution is 2.20. The summed E-state index contributed by atoms with van der Waals surface area (Å²) in [5.41, 5.74) is 3.00. The lowest BCUT2D eigenvalue weighted by Gasteiger charge is -2.07. The number of aromatic nitrogens is 2. The number of H-pyrrole nitrogens is 1. The van der Waals surface area contributed by atoms with E-state index in [4.69, 9.17) is 11.6 Å². The van der Waals surface area contributed by atoms with Gasteiger partial charge in [-0.2, -0.15) is 0 Å².